The monoisotopic (exact) mass is 677 g/mol. The van der Waals surface area contributed by atoms with E-state index in [2.05, 4.69) is 21.3 Å². The van der Waals surface area contributed by atoms with E-state index in [-0.39, 0.29) is 47.1 Å². The van der Waals surface area contributed by atoms with E-state index in [1.54, 1.807) is 28.6 Å². The van der Waals surface area contributed by atoms with Crippen molar-refractivity contribution in [3.8, 4) is 17.2 Å². The van der Waals surface area contributed by atoms with Gasteiger partial charge in [0.05, 0.1) is 24.1 Å². The van der Waals surface area contributed by atoms with Gasteiger partial charge in [0.2, 0.25) is 5.91 Å². The van der Waals surface area contributed by atoms with Crippen LogP contribution < -0.4 is 4.90 Å². The summed E-state index contributed by atoms with van der Waals surface area (Å²) in [6, 6.07) is 8.43. The van der Waals surface area contributed by atoms with E-state index in [0.29, 0.717) is 66.8 Å². The Labute approximate surface area is 282 Å². The summed E-state index contributed by atoms with van der Waals surface area (Å²) in [7, 11) is 7.76. The van der Waals surface area contributed by atoms with E-state index < -0.39 is 17.6 Å². The summed E-state index contributed by atoms with van der Waals surface area (Å²) >= 11 is 0. The second-order valence-electron chi connectivity index (χ2n) is 13.4. The van der Waals surface area contributed by atoms with E-state index in [0.717, 1.165) is 6.07 Å². The van der Waals surface area contributed by atoms with Gasteiger partial charge in [0.15, 0.2) is 17.2 Å². The van der Waals surface area contributed by atoms with Gasteiger partial charge in [-0.15, -0.1) is 5.10 Å². The molecule has 2 aromatic carbocycles. The Morgan fingerprint density at radius 2 is 1.88 bits per heavy atom. The molecule has 2 aliphatic rings. The number of carbonyl (C=O) groups excluding carboxylic acids is 1. The third-order valence-electron chi connectivity index (χ3n) is 9.59. The number of aryl methyl sites for hydroxylation is 1. The lowest BCUT2D eigenvalue weighted by Crippen LogP contribution is -2.57. The molecule has 2 aliphatic heterocycles. The maximum absolute atomic E-state index is 16.8. The van der Waals surface area contributed by atoms with Crippen molar-refractivity contribution in [2.45, 2.75) is 50.5 Å². The van der Waals surface area contributed by atoms with Gasteiger partial charge >= 0.3 is 6.18 Å². The molecular formula is C35H39F4N9O. The standard InChI is InChI=1S/C35H39F4N9O/c1-21-17-26-31(30(36)29(21)25-9-6-7-10-27(25)35(37,38)39)41-34(46-19-24(20-46)45(4)5)32-33(26)48(43-42-32)23-13-16-47(22(18-23)12-14-40)28(49)11-8-15-44(2)3/h6-11,17,22-24H,12-13,15-16,18-20H2,1-5H3/b11-8+/t22-,23+/m1/s1. The van der Waals surface area contributed by atoms with Crippen LogP contribution in [-0.4, -0.2) is 107 Å². The predicted octanol–water partition coefficient (Wildman–Crippen LogP) is 5.43. The number of halogens is 4. The molecule has 0 N–H and O–H groups in total. The van der Waals surface area contributed by atoms with Crippen molar-refractivity contribution in [2.24, 2.45) is 0 Å². The number of nitrogens with zero attached hydrogens (tertiary/aromatic N) is 9. The van der Waals surface area contributed by atoms with Crippen LogP contribution in [0.4, 0.5) is 23.4 Å². The summed E-state index contributed by atoms with van der Waals surface area (Å²) < 4.78 is 60.9. The Morgan fingerprint density at radius 3 is 2.55 bits per heavy atom. The number of benzene rings is 2. The number of aromatic nitrogens is 4. The molecule has 4 heterocycles. The normalized spacial score (nSPS) is 19.1. The number of likely N-dealkylation sites (N-methyl/N-ethyl adjacent to an activating group) is 2. The zero-order chi connectivity index (χ0) is 35.2. The third kappa shape index (κ3) is 6.45. The minimum absolute atomic E-state index is 0.0656. The highest BCUT2D eigenvalue weighted by atomic mass is 19.4. The maximum Gasteiger partial charge on any atom is 0.417 e. The lowest BCUT2D eigenvalue weighted by Gasteiger charge is -2.43. The highest BCUT2D eigenvalue weighted by Gasteiger charge is 2.38. The van der Waals surface area contributed by atoms with Crippen LogP contribution in [-0.2, 0) is 11.0 Å². The fraction of sp³-hybridized carbons (Fsp3) is 0.457. The van der Waals surface area contributed by atoms with Crippen molar-refractivity contribution in [3.63, 3.8) is 0 Å². The summed E-state index contributed by atoms with van der Waals surface area (Å²) in [6.07, 6.45) is -0.305. The molecule has 258 valence electrons. The largest absolute Gasteiger partial charge is 0.417 e. The van der Waals surface area contributed by atoms with Gasteiger partial charge in [-0.3, -0.25) is 4.79 Å². The first-order chi connectivity index (χ1) is 23.3. The molecule has 49 heavy (non-hydrogen) atoms. The number of rotatable bonds is 8. The van der Waals surface area contributed by atoms with Gasteiger partial charge < -0.3 is 19.6 Å². The van der Waals surface area contributed by atoms with Crippen molar-refractivity contribution >= 4 is 33.7 Å². The third-order valence-corrected chi connectivity index (χ3v) is 9.59. The summed E-state index contributed by atoms with van der Waals surface area (Å²) in [5.74, 6) is -0.602. The van der Waals surface area contributed by atoms with Crippen LogP contribution >= 0.6 is 0 Å². The second kappa shape index (κ2) is 13.4. The fourth-order valence-corrected chi connectivity index (χ4v) is 6.92. The van der Waals surface area contributed by atoms with Gasteiger partial charge in [0.25, 0.3) is 0 Å². The van der Waals surface area contributed by atoms with Crippen LogP contribution in [0.15, 0.2) is 42.5 Å². The molecule has 2 atom stereocenters. The Bertz CT molecular complexity index is 1960. The van der Waals surface area contributed by atoms with Crippen molar-refractivity contribution in [3.05, 3.63) is 59.4 Å². The molecule has 2 aromatic heterocycles. The minimum Gasteiger partial charge on any atom is -0.351 e. The average Bonchev–Trinajstić information content (AvgIpc) is 3.46. The molecule has 10 nitrogen and oxygen atoms in total. The van der Waals surface area contributed by atoms with E-state index in [4.69, 9.17) is 4.98 Å². The topological polar surface area (TPSA) is 97.4 Å². The Kier molecular flexibility index (Phi) is 9.34. The van der Waals surface area contributed by atoms with Gasteiger partial charge in [0.1, 0.15) is 11.0 Å². The molecule has 2 fully saturated rings. The summed E-state index contributed by atoms with van der Waals surface area (Å²) in [6.45, 7) is 3.79. The van der Waals surface area contributed by atoms with E-state index in [1.165, 1.54) is 24.3 Å². The number of piperidine rings is 1. The van der Waals surface area contributed by atoms with Gasteiger partial charge in [-0.2, -0.15) is 18.4 Å². The fourth-order valence-electron chi connectivity index (χ4n) is 6.92. The van der Waals surface area contributed by atoms with Gasteiger partial charge in [-0.1, -0.05) is 29.5 Å². The number of pyridine rings is 1. The van der Waals surface area contributed by atoms with Crippen LogP contribution in [0.2, 0.25) is 0 Å². The number of amides is 1. The Hall–Kier alpha value is -4.61. The molecule has 0 unspecified atom stereocenters. The van der Waals surface area contributed by atoms with E-state index in [1.807, 2.05) is 38.0 Å². The molecule has 2 saturated heterocycles. The zero-order valence-corrected chi connectivity index (χ0v) is 28.2. The van der Waals surface area contributed by atoms with E-state index in [9.17, 15) is 23.2 Å². The summed E-state index contributed by atoms with van der Waals surface area (Å²) in [5.41, 5.74) is -0.100. The lowest BCUT2D eigenvalue weighted by atomic mass is 9.92. The second-order valence-corrected chi connectivity index (χ2v) is 13.4. The van der Waals surface area contributed by atoms with Gasteiger partial charge in [-0.05, 0) is 71.2 Å². The van der Waals surface area contributed by atoms with Crippen molar-refractivity contribution in [2.75, 3.05) is 59.3 Å². The maximum atomic E-state index is 16.8. The first kappa shape index (κ1) is 34.3. The Balaban J connectivity index is 1.48. The van der Waals surface area contributed by atoms with Crippen LogP contribution in [0.1, 0.15) is 36.4 Å². The smallest absolute Gasteiger partial charge is 0.351 e. The number of nitriles is 1. The number of carbonyl (C=O) groups is 1. The van der Waals surface area contributed by atoms with Crippen LogP contribution in [0.5, 0.6) is 0 Å². The first-order valence-electron chi connectivity index (χ1n) is 16.2. The highest BCUT2D eigenvalue weighted by molar-refractivity contribution is 6.08. The molecule has 0 bridgehead atoms. The molecule has 14 heteroatoms. The number of fused-ring (bicyclic) bond motifs is 3. The first-order valence-corrected chi connectivity index (χ1v) is 16.2. The van der Waals surface area contributed by atoms with E-state index >= 15 is 4.39 Å². The van der Waals surface area contributed by atoms with Crippen LogP contribution in [0.3, 0.4) is 0 Å². The lowest BCUT2D eigenvalue weighted by molar-refractivity contribution is -0.137. The Morgan fingerprint density at radius 1 is 1.14 bits per heavy atom. The number of anilines is 1. The highest BCUT2D eigenvalue weighted by Crippen LogP contribution is 2.43. The molecule has 0 saturated carbocycles. The van der Waals surface area contributed by atoms with Crippen molar-refractivity contribution < 1.29 is 22.4 Å². The molecule has 1 amide bonds. The summed E-state index contributed by atoms with van der Waals surface area (Å²) in [5, 5.41) is 19.2. The van der Waals surface area contributed by atoms with Crippen molar-refractivity contribution in [1.29, 1.82) is 5.26 Å². The minimum atomic E-state index is -4.69. The number of likely N-dealkylation sites (tertiary alicyclic amines) is 1. The predicted molar refractivity (Wildman–Crippen MR) is 179 cm³/mol. The number of hydrogen-bond acceptors (Lipinski definition) is 8. The average molecular weight is 678 g/mol. The molecular weight excluding hydrogens is 638 g/mol. The van der Waals surface area contributed by atoms with Gasteiger partial charge in [-0.25, -0.2) is 14.1 Å². The quantitative estimate of drug-likeness (QED) is 0.180. The number of hydrogen-bond donors (Lipinski definition) is 0. The molecule has 4 aromatic rings. The molecule has 0 aliphatic carbocycles. The zero-order valence-electron chi connectivity index (χ0n) is 28.2. The van der Waals surface area contributed by atoms with Crippen molar-refractivity contribution in [1.82, 2.24) is 34.7 Å². The van der Waals surface area contributed by atoms with Gasteiger partial charge in [0, 0.05) is 55.3 Å². The SMILES string of the molecule is Cc1cc2c(nc(N3CC(N(C)C)C3)c3nnn([C@H]4CCN(C(=O)/C=C/CN(C)C)[C@H](CC#N)C4)c32)c(F)c1-c1ccccc1C(F)(F)F. The molecule has 6 rings (SSSR count). The number of alkyl halides is 3. The van der Waals surface area contributed by atoms with Crippen LogP contribution in [0, 0.1) is 24.1 Å². The van der Waals surface area contributed by atoms with Crippen LogP contribution in [0.25, 0.3) is 33.1 Å². The summed E-state index contributed by atoms with van der Waals surface area (Å²) in [4.78, 5) is 25.6. The molecule has 0 radical (unpaired) electrons. The molecule has 0 spiro atoms.